The smallest absolute Gasteiger partial charge is 0.307 e. The minimum absolute atomic E-state index is 0.134. The average Bonchev–Trinajstić information content (AvgIpc) is 2.98. The van der Waals surface area contributed by atoms with E-state index >= 15 is 0 Å². The Balaban J connectivity index is 1.71. The van der Waals surface area contributed by atoms with E-state index in [-0.39, 0.29) is 11.6 Å². The highest BCUT2D eigenvalue weighted by Crippen LogP contribution is 2.24. The molecule has 1 amide bonds. The normalized spacial score (nSPS) is 11.1. The molecule has 0 fully saturated rings. The maximum Gasteiger partial charge on any atom is 0.307 e. The van der Waals surface area contributed by atoms with Crippen LogP contribution in [0.5, 0.6) is 5.75 Å². The minimum atomic E-state index is -0.489. The maximum atomic E-state index is 13.0. The molecule has 1 aromatic heterocycles. The average molecular weight is 326 g/mol. The second-order valence-corrected chi connectivity index (χ2v) is 5.00. The van der Waals surface area contributed by atoms with Gasteiger partial charge >= 0.3 is 5.91 Å². The lowest BCUT2D eigenvalue weighted by Gasteiger charge is -2.00. The molecule has 1 heterocycles. The van der Waals surface area contributed by atoms with Crippen molar-refractivity contribution in [2.75, 3.05) is 6.61 Å². The van der Waals surface area contributed by atoms with Crippen LogP contribution in [0.1, 0.15) is 23.0 Å². The molecule has 0 radical (unpaired) electrons. The van der Waals surface area contributed by atoms with E-state index in [2.05, 4.69) is 10.5 Å². The van der Waals surface area contributed by atoms with Crippen LogP contribution in [0.25, 0.3) is 11.0 Å². The topological polar surface area (TPSA) is 63.8 Å². The fourth-order valence-corrected chi connectivity index (χ4v) is 2.20. The Kier molecular flexibility index (Phi) is 4.56. The summed E-state index contributed by atoms with van der Waals surface area (Å²) in [6, 6.07) is 12.8. The molecule has 1 N–H and O–H groups in total. The van der Waals surface area contributed by atoms with Gasteiger partial charge in [0.1, 0.15) is 17.1 Å². The number of fused-ring (bicyclic) bond motifs is 1. The van der Waals surface area contributed by atoms with Crippen molar-refractivity contribution in [3.05, 3.63) is 65.7 Å². The van der Waals surface area contributed by atoms with E-state index < -0.39 is 5.91 Å². The van der Waals surface area contributed by atoms with E-state index in [0.29, 0.717) is 23.5 Å². The first kappa shape index (κ1) is 15.7. The monoisotopic (exact) mass is 326 g/mol. The molecule has 2 aromatic carbocycles. The van der Waals surface area contributed by atoms with Gasteiger partial charge in [-0.05, 0) is 48.9 Å². The predicted molar refractivity (Wildman–Crippen MR) is 88.8 cm³/mol. The van der Waals surface area contributed by atoms with Crippen molar-refractivity contribution in [1.82, 2.24) is 5.43 Å². The van der Waals surface area contributed by atoms with Crippen molar-refractivity contribution >= 4 is 23.1 Å². The first-order valence-corrected chi connectivity index (χ1v) is 7.41. The van der Waals surface area contributed by atoms with Crippen LogP contribution < -0.4 is 10.2 Å². The van der Waals surface area contributed by atoms with Crippen LogP contribution in [0, 0.1) is 5.82 Å². The van der Waals surface area contributed by atoms with E-state index in [1.807, 2.05) is 6.92 Å². The van der Waals surface area contributed by atoms with E-state index in [0.717, 1.165) is 5.39 Å². The lowest BCUT2D eigenvalue weighted by molar-refractivity contribution is 0.0929. The van der Waals surface area contributed by atoms with Crippen LogP contribution in [0.4, 0.5) is 4.39 Å². The molecule has 6 heteroatoms. The summed E-state index contributed by atoms with van der Waals surface area (Å²) in [5, 5.41) is 4.56. The molecule has 3 aromatic rings. The lowest BCUT2D eigenvalue weighted by Crippen LogP contribution is -2.16. The van der Waals surface area contributed by atoms with Gasteiger partial charge < -0.3 is 9.15 Å². The van der Waals surface area contributed by atoms with Gasteiger partial charge in [0.05, 0.1) is 12.8 Å². The quantitative estimate of drug-likeness (QED) is 0.574. The summed E-state index contributed by atoms with van der Waals surface area (Å²) in [4.78, 5) is 12.1. The van der Waals surface area contributed by atoms with Gasteiger partial charge in [-0.1, -0.05) is 12.1 Å². The molecule has 0 saturated carbocycles. The Morgan fingerprint density at radius 2 is 2.17 bits per heavy atom. The molecule has 0 spiro atoms. The van der Waals surface area contributed by atoms with Crippen molar-refractivity contribution in [3.8, 4) is 5.75 Å². The van der Waals surface area contributed by atoms with E-state index in [1.54, 1.807) is 36.4 Å². The Morgan fingerprint density at radius 3 is 2.96 bits per heavy atom. The molecule has 24 heavy (non-hydrogen) atoms. The third kappa shape index (κ3) is 3.60. The second kappa shape index (κ2) is 6.95. The molecule has 0 unspecified atom stereocenters. The zero-order valence-electron chi connectivity index (χ0n) is 13.0. The first-order valence-electron chi connectivity index (χ1n) is 7.41. The highest BCUT2D eigenvalue weighted by molar-refractivity contribution is 5.96. The number of carbonyl (C=O) groups excluding carboxylic acids is 1. The van der Waals surface area contributed by atoms with Crippen molar-refractivity contribution in [3.63, 3.8) is 0 Å². The van der Waals surface area contributed by atoms with Gasteiger partial charge in [0, 0.05) is 5.39 Å². The summed E-state index contributed by atoms with van der Waals surface area (Å²) in [5.74, 6) is -0.0126. The van der Waals surface area contributed by atoms with Crippen LogP contribution in [0.15, 0.2) is 58.0 Å². The van der Waals surface area contributed by atoms with E-state index in [9.17, 15) is 9.18 Å². The van der Waals surface area contributed by atoms with Gasteiger partial charge in [-0.25, -0.2) is 9.82 Å². The summed E-state index contributed by atoms with van der Waals surface area (Å²) in [6.07, 6.45) is 1.36. The van der Waals surface area contributed by atoms with Crippen molar-refractivity contribution in [2.24, 2.45) is 5.10 Å². The number of hydrogen-bond acceptors (Lipinski definition) is 4. The SMILES string of the molecule is CCOc1ccc2oc(C(=O)N/N=C/c3cccc(F)c3)cc2c1. The van der Waals surface area contributed by atoms with Crippen molar-refractivity contribution in [2.45, 2.75) is 6.92 Å². The van der Waals surface area contributed by atoms with Gasteiger partial charge in [-0.15, -0.1) is 0 Å². The Hall–Kier alpha value is -3.15. The Labute approximate surface area is 137 Å². The molecular formula is C18H15FN2O3. The number of carbonyl (C=O) groups is 1. The van der Waals surface area contributed by atoms with Crippen LogP contribution in [0.2, 0.25) is 0 Å². The summed E-state index contributed by atoms with van der Waals surface area (Å²) < 4.78 is 23.9. The van der Waals surface area contributed by atoms with Crippen molar-refractivity contribution in [1.29, 1.82) is 0 Å². The van der Waals surface area contributed by atoms with Crippen molar-refractivity contribution < 1.29 is 18.3 Å². The van der Waals surface area contributed by atoms with E-state index in [1.165, 1.54) is 18.3 Å². The fourth-order valence-electron chi connectivity index (χ4n) is 2.20. The molecule has 0 aliphatic heterocycles. The summed E-state index contributed by atoms with van der Waals surface area (Å²) >= 11 is 0. The number of furan rings is 1. The molecule has 0 saturated heterocycles. The lowest BCUT2D eigenvalue weighted by atomic mass is 10.2. The maximum absolute atomic E-state index is 13.0. The van der Waals surface area contributed by atoms with Crippen LogP contribution in [0.3, 0.4) is 0 Å². The summed E-state index contributed by atoms with van der Waals surface area (Å²) in [5.41, 5.74) is 3.47. The number of nitrogens with one attached hydrogen (secondary N) is 1. The first-order chi connectivity index (χ1) is 11.7. The van der Waals surface area contributed by atoms with Crippen LogP contribution >= 0.6 is 0 Å². The highest BCUT2D eigenvalue weighted by Gasteiger charge is 2.12. The zero-order chi connectivity index (χ0) is 16.9. The fraction of sp³-hybridized carbons (Fsp3) is 0.111. The molecule has 3 rings (SSSR count). The van der Waals surface area contributed by atoms with Gasteiger partial charge in [0.15, 0.2) is 5.76 Å². The standard InChI is InChI=1S/C18H15FN2O3/c1-2-23-15-6-7-16-13(9-15)10-17(24-16)18(22)21-20-11-12-4-3-5-14(19)8-12/h3-11H,2H2,1H3,(H,21,22)/b20-11+. The summed E-state index contributed by atoms with van der Waals surface area (Å²) in [6.45, 7) is 2.46. The number of hydrazone groups is 1. The van der Waals surface area contributed by atoms with E-state index in [4.69, 9.17) is 9.15 Å². The highest BCUT2D eigenvalue weighted by atomic mass is 19.1. The number of nitrogens with zero attached hydrogens (tertiary/aromatic N) is 1. The number of amides is 1. The zero-order valence-corrected chi connectivity index (χ0v) is 13.0. The Bertz CT molecular complexity index is 902. The van der Waals surface area contributed by atoms with Crippen LogP contribution in [-0.2, 0) is 0 Å². The minimum Gasteiger partial charge on any atom is -0.494 e. The number of ether oxygens (including phenoxy) is 1. The number of hydrogen-bond donors (Lipinski definition) is 1. The summed E-state index contributed by atoms with van der Waals surface area (Å²) in [7, 11) is 0. The molecule has 5 nitrogen and oxygen atoms in total. The largest absolute Gasteiger partial charge is 0.494 e. The van der Waals surface area contributed by atoms with Crippen LogP contribution in [-0.4, -0.2) is 18.7 Å². The molecule has 0 aliphatic carbocycles. The molecule has 0 aliphatic rings. The number of benzene rings is 2. The van der Waals surface area contributed by atoms with Gasteiger partial charge in [0.25, 0.3) is 0 Å². The number of halogens is 1. The molecule has 0 bridgehead atoms. The third-order valence-corrected chi connectivity index (χ3v) is 3.25. The molecule has 0 atom stereocenters. The third-order valence-electron chi connectivity index (χ3n) is 3.25. The van der Waals surface area contributed by atoms with Gasteiger partial charge in [0.2, 0.25) is 0 Å². The second-order valence-electron chi connectivity index (χ2n) is 5.00. The molecule has 122 valence electrons. The molecular weight excluding hydrogens is 311 g/mol. The Morgan fingerprint density at radius 1 is 1.29 bits per heavy atom. The van der Waals surface area contributed by atoms with Gasteiger partial charge in [-0.2, -0.15) is 5.10 Å². The predicted octanol–water partition coefficient (Wildman–Crippen LogP) is 3.73. The number of rotatable bonds is 5. The van der Waals surface area contributed by atoms with Gasteiger partial charge in [-0.3, -0.25) is 4.79 Å².